The van der Waals surface area contributed by atoms with Gasteiger partial charge in [0.1, 0.15) is 0 Å². The highest BCUT2D eigenvalue weighted by molar-refractivity contribution is 7.52. The standard InChI is InChI=1S/C23H41O3P/c1-4-7-9-10-11-12-13-14-20-16-18-22(19-17-20)23(27(24,25)26)21(6-3)15-8-5-2/h16-19,21,23H,4-15H2,1-3H3,(H2,24,25,26). The lowest BCUT2D eigenvalue weighted by Gasteiger charge is -2.27. The van der Waals surface area contributed by atoms with E-state index in [4.69, 9.17) is 0 Å². The van der Waals surface area contributed by atoms with Gasteiger partial charge in [-0.25, -0.2) is 0 Å². The van der Waals surface area contributed by atoms with Gasteiger partial charge in [0.05, 0.1) is 5.66 Å². The molecule has 1 aromatic carbocycles. The lowest BCUT2D eigenvalue weighted by atomic mass is 9.90. The van der Waals surface area contributed by atoms with Gasteiger partial charge in [-0.2, -0.15) is 0 Å². The van der Waals surface area contributed by atoms with Crippen LogP contribution in [0.3, 0.4) is 0 Å². The summed E-state index contributed by atoms with van der Waals surface area (Å²) in [5.74, 6) is 0.0414. The molecule has 0 heterocycles. The van der Waals surface area contributed by atoms with Crippen molar-refractivity contribution in [2.75, 3.05) is 0 Å². The lowest BCUT2D eigenvalue weighted by Crippen LogP contribution is -2.13. The van der Waals surface area contributed by atoms with E-state index in [1.54, 1.807) is 0 Å². The zero-order valence-electron chi connectivity index (χ0n) is 17.7. The van der Waals surface area contributed by atoms with Crippen LogP contribution in [0.2, 0.25) is 0 Å². The SMILES string of the molecule is CCCCCCCCCc1ccc(C(C(CC)CCCC)P(=O)(O)O)cc1. The molecule has 1 rings (SSSR count). The molecule has 0 aliphatic carbocycles. The third-order valence-electron chi connectivity index (χ3n) is 5.65. The molecular weight excluding hydrogens is 355 g/mol. The van der Waals surface area contributed by atoms with Gasteiger partial charge in [-0.1, -0.05) is 103 Å². The van der Waals surface area contributed by atoms with Crippen molar-refractivity contribution in [1.82, 2.24) is 0 Å². The molecule has 0 spiro atoms. The summed E-state index contributed by atoms with van der Waals surface area (Å²) < 4.78 is 12.2. The normalized spacial score (nSPS) is 14.3. The molecule has 1 aromatic rings. The predicted octanol–water partition coefficient (Wildman–Crippen LogP) is 7.41. The Kier molecular flexibility index (Phi) is 12.2. The molecule has 2 unspecified atom stereocenters. The van der Waals surface area contributed by atoms with Crippen molar-refractivity contribution in [2.45, 2.75) is 103 Å². The first-order chi connectivity index (χ1) is 12.9. The van der Waals surface area contributed by atoms with Crippen LogP contribution in [0.1, 0.15) is 108 Å². The molecule has 2 atom stereocenters. The van der Waals surface area contributed by atoms with Crippen molar-refractivity contribution in [3.63, 3.8) is 0 Å². The third kappa shape index (κ3) is 9.41. The fourth-order valence-electron chi connectivity index (χ4n) is 3.96. The Hall–Kier alpha value is -0.630. The topological polar surface area (TPSA) is 57.5 Å². The van der Waals surface area contributed by atoms with Crippen LogP contribution < -0.4 is 0 Å². The molecule has 2 N–H and O–H groups in total. The number of hydrogen-bond acceptors (Lipinski definition) is 1. The van der Waals surface area contributed by atoms with Gasteiger partial charge in [0.15, 0.2) is 0 Å². The first kappa shape index (κ1) is 24.4. The van der Waals surface area contributed by atoms with Gasteiger partial charge in [0, 0.05) is 0 Å². The van der Waals surface area contributed by atoms with Gasteiger partial charge in [0.2, 0.25) is 0 Å². The Labute approximate surface area is 167 Å². The largest absolute Gasteiger partial charge is 0.333 e. The Morgan fingerprint density at radius 3 is 1.89 bits per heavy atom. The van der Waals surface area contributed by atoms with E-state index >= 15 is 0 Å². The minimum Gasteiger partial charge on any atom is -0.324 e. The van der Waals surface area contributed by atoms with Crippen molar-refractivity contribution in [3.05, 3.63) is 35.4 Å². The van der Waals surface area contributed by atoms with Crippen molar-refractivity contribution in [2.24, 2.45) is 5.92 Å². The molecule has 0 radical (unpaired) electrons. The van der Waals surface area contributed by atoms with E-state index in [2.05, 4.69) is 26.0 Å². The maximum Gasteiger partial charge on any atom is 0.333 e. The third-order valence-corrected chi connectivity index (χ3v) is 7.10. The molecule has 27 heavy (non-hydrogen) atoms. The van der Waals surface area contributed by atoms with Crippen molar-refractivity contribution >= 4 is 7.60 Å². The summed E-state index contributed by atoms with van der Waals surface area (Å²) in [7, 11) is -4.17. The quantitative estimate of drug-likeness (QED) is 0.240. The second-order valence-electron chi connectivity index (χ2n) is 7.96. The van der Waals surface area contributed by atoms with Crippen LogP contribution in [0.5, 0.6) is 0 Å². The summed E-state index contributed by atoms with van der Waals surface area (Å²) in [6, 6.07) is 8.05. The molecule has 0 aliphatic rings. The van der Waals surface area contributed by atoms with E-state index < -0.39 is 13.3 Å². The first-order valence-electron chi connectivity index (χ1n) is 11.1. The van der Waals surface area contributed by atoms with E-state index in [1.807, 2.05) is 19.1 Å². The first-order valence-corrected chi connectivity index (χ1v) is 12.8. The van der Waals surface area contributed by atoms with Crippen LogP contribution >= 0.6 is 7.60 Å². The molecule has 4 heteroatoms. The number of benzene rings is 1. The Morgan fingerprint density at radius 1 is 0.815 bits per heavy atom. The predicted molar refractivity (Wildman–Crippen MR) is 116 cm³/mol. The molecular formula is C23H41O3P. The average Bonchev–Trinajstić information content (AvgIpc) is 2.64. The zero-order chi connectivity index (χ0) is 20.1. The molecule has 0 fully saturated rings. The summed E-state index contributed by atoms with van der Waals surface area (Å²) in [6.07, 6.45) is 13.9. The second kappa shape index (κ2) is 13.5. The number of unbranched alkanes of at least 4 members (excludes halogenated alkanes) is 7. The highest BCUT2D eigenvalue weighted by atomic mass is 31.2. The summed E-state index contributed by atoms with van der Waals surface area (Å²) in [5.41, 5.74) is 1.41. The Balaban J connectivity index is 2.63. The summed E-state index contributed by atoms with van der Waals surface area (Å²) in [4.78, 5) is 19.9. The Morgan fingerprint density at radius 2 is 1.37 bits per heavy atom. The number of hydrogen-bond donors (Lipinski definition) is 2. The molecule has 0 saturated heterocycles. The fourth-order valence-corrected chi connectivity index (χ4v) is 5.43. The highest BCUT2D eigenvalue weighted by Crippen LogP contribution is 2.57. The smallest absolute Gasteiger partial charge is 0.324 e. The van der Waals surface area contributed by atoms with Crippen LogP contribution in [0.25, 0.3) is 0 Å². The molecule has 0 saturated carbocycles. The highest BCUT2D eigenvalue weighted by Gasteiger charge is 2.36. The van der Waals surface area contributed by atoms with E-state index in [9.17, 15) is 14.4 Å². The maximum atomic E-state index is 12.2. The summed E-state index contributed by atoms with van der Waals surface area (Å²) >= 11 is 0. The fraction of sp³-hybridized carbons (Fsp3) is 0.739. The van der Waals surface area contributed by atoms with Gasteiger partial charge in [-0.05, 0) is 36.3 Å². The van der Waals surface area contributed by atoms with Crippen LogP contribution in [0, 0.1) is 5.92 Å². The monoisotopic (exact) mass is 396 g/mol. The summed E-state index contributed by atoms with van der Waals surface area (Å²) in [5, 5.41) is 0. The van der Waals surface area contributed by atoms with Crippen molar-refractivity contribution in [1.29, 1.82) is 0 Å². The molecule has 0 bridgehead atoms. The van der Waals surface area contributed by atoms with Crippen LogP contribution in [-0.2, 0) is 11.0 Å². The number of rotatable bonds is 15. The van der Waals surface area contributed by atoms with Crippen molar-refractivity contribution in [3.8, 4) is 0 Å². The number of aryl methyl sites for hydroxylation is 1. The maximum absolute atomic E-state index is 12.2. The molecule has 156 valence electrons. The van der Waals surface area contributed by atoms with Crippen LogP contribution in [0.4, 0.5) is 0 Å². The molecule has 0 aliphatic heterocycles. The second-order valence-corrected chi connectivity index (χ2v) is 9.69. The van der Waals surface area contributed by atoms with E-state index in [0.29, 0.717) is 0 Å². The van der Waals surface area contributed by atoms with Gasteiger partial charge < -0.3 is 9.79 Å². The summed E-state index contributed by atoms with van der Waals surface area (Å²) in [6.45, 7) is 6.41. The van der Waals surface area contributed by atoms with E-state index in [0.717, 1.165) is 37.7 Å². The lowest BCUT2D eigenvalue weighted by molar-refractivity contribution is 0.320. The average molecular weight is 397 g/mol. The zero-order valence-corrected chi connectivity index (χ0v) is 18.6. The van der Waals surface area contributed by atoms with Gasteiger partial charge in [-0.15, -0.1) is 0 Å². The van der Waals surface area contributed by atoms with Gasteiger partial charge >= 0.3 is 7.60 Å². The molecule has 0 aromatic heterocycles. The van der Waals surface area contributed by atoms with Crippen LogP contribution in [0.15, 0.2) is 24.3 Å². The van der Waals surface area contributed by atoms with Gasteiger partial charge in [0.25, 0.3) is 0 Å². The minimum absolute atomic E-state index is 0.0414. The van der Waals surface area contributed by atoms with E-state index in [1.165, 1.54) is 50.5 Å². The molecule has 0 amide bonds. The van der Waals surface area contributed by atoms with Crippen molar-refractivity contribution < 1.29 is 14.4 Å². The van der Waals surface area contributed by atoms with E-state index in [-0.39, 0.29) is 5.92 Å². The Bertz CT molecular complexity index is 535. The molecule has 3 nitrogen and oxygen atoms in total. The van der Waals surface area contributed by atoms with Crippen LogP contribution in [-0.4, -0.2) is 9.79 Å². The van der Waals surface area contributed by atoms with Gasteiger partial charge in [-0.3, -0.25) is 4.57 Å². The minimum atomic E-state index is -4.17.